The van der Waals surface area contributed by atoms with Crippen LogP contribution in [-0.2, 0) is 9.47 Å². The number of esters is 2. The van der Waals surface area contributed by atoms with Crippen molar-refractivity contribution in [2.24, 2.45) is 0 Å². The molecule has 0 saturated carbocycles. The molecule has 44 heavy (non-hydrogen) atoms. The van der Waals surface area contributed by atoms with E-state index >= 15 is 0 Å². The number of hydrogen-bond donors (Lipinski definition) is 2. The second-order valence-electron chi connectivity index (χ2n) is 9.84. The maximum absolute atomic E-state index is 14.5. The third-order valence-corrected chi connectivity index (χ3v) is 6.54. The van der Waals surface area contributed by atoms with Crippen molar-refractivity contribution in [1.29, 1.82) is 0 Å². The Hall–Kier alpha value is -5.26. The fourth-order valence-corrected chi connectivity index (χ4v) is 4.48. The highest BCUT2D eigenvalue weighted by molar-refractivity contribution is 5.97. The van der Waals surface area contributed by atoms with Crippen LogP contribution in [0.2, 0.25) is 0 Å². The quantitative estimate of drug-likeness (QED) is 0.104. The van der Waals surface area contributed by atoms with Crippen LogP contribution in [0.15, 0.2) is 55.4 Å². The number of pyridine rings is 2. The molecule has 8 nitrogen and oxygen atoms in total. The molecule has 0 aliphatic heterocycles. The number of aromatic nitrogens is 2. The van der Waals surface area contributed by atoms with Gasteiger partial charge >= 0.3 is 11.9 Å². The number of nitrogens with two attached hydrogens (primary N) is 2. The van der Waals surface area contributed by atoms with Crippen molar-refractivity contribution in [3.63, 3.8) is 0 Å². The zero-order chi connectivity index (χ0) is 32.9. The number of anilines is 2. The third-order valence-electron chi connectivity index (χ3n) is 6.54. The van der Waals surface area contributed by atoms with Crippen molar-refractivity contribution in [2.75, 3.05) is 25.7 Å². The molecule has 2 heterocycles. The van der Waals surface area contributed by atoms with E-state index in [-0.39, 0.29) is 39.5 Å². The van der Waals surface area contributed by atoms with Gasteiger partial charge < -0.3 is 20.9 Å². The van der Waals surface area contributed by atoms with E-state index in [0.717, 1.165) is 13.2 Å². The summed E-state index contributed by atoms with van der Waals surface area (Å²) in [5.74, 6) is -4.83. The summed E-state index contributed by atoms with van der Waals surface area (Å²) in [4.78, 5) is 30.5. The first kappa shape index (κ1) is 33.2. The lowest BCUT2D eigenvalue weighted by molar-refractivity contribution is 0.0586. The Balaban J connectivity index is 0.000000240. The average molecular weight is 611 g/mol. The predicted molar refractivity (Wildman–Crippen MR) is 159 cm³/mol. The summed E-state index contributed by atoms with van der Waals surface area (Å²) >= 11 is 0. The number of carbonyl (C=O) groups is 2. The smallest absolute Gasteiger partial charge is 0.340 e. The summed E-state index contributed by atoms with van der Waals surface area (Å²) in [5.41, 5.74) is 13.8. The molecule has 4 rings (SSSR count). The largest absolute Gasteiger partial charge is 0.465 e. The van der Waals surface area contributed by atoms with Crippen LogP contribution in [0, 0.1) is 23.5 Å². The van der Waals surface area contributed by atoms with Crippen LogP contribution in [0.1, 0.15) is 58.5 Å². The number of ether oxygens (including phenoxy) is 2. The minimum Gasteiger partial charge on any atom is -0.465 e. The molecule has 0 amide bonds. The van der Waals surface area contributed by atoms with Gasteiger partial charge in [0.25, 0.3) is 0 Å². The number of benzene rings is 2. The molecule has 12 heteroatoms. The maximum Gasteiger partial charge on any atom is 0.340 e. The summed E-state index contributed by atoms with van der Waals surface area (Å²) in [6, 6.07) is 7.88. The van der Waals surface area contributed by atoms with Gasteiger partial charge in [0, 0.05) is 58.2 Å². The minimum atomic E-state index is -0.851. The van der Waals surface area contributed by atoms with Crippen LogP contribution in [0.25, 0.3) is 27.8 Å². The number of methoxy groups -OCH3 is 2. The Kier molecular flexibility index (Phi) is 10.4. The molecule has 4 N–H and O–H groups in total. The lowest BCUT2D eigenvalue weighted by atomic mass is 9.91. The standard InChI is InChI=1S/C16H16F2N2O2.C16H14F2N2O2/c2*1-8(2)13-14(18)11(16(21)22-3)7-10(15(13)19)9-4-5-20-12(17)6-9/h4-8H,19H2,1-3H3;4-7H,1,19H2,2-3H3. The predicted octanol–water partition coefficient (Wildman–Crippen LogP) is 6.95. The van der Waals surface area contributed by atoms with E-state index in [1.54, 1.807) is 20.8 Å². The Morgan fingerprint density at radius 3 is 1.59 bits per heavy atom. The maximum atomic E-state index is 14.5. The van der Waals surface area contributed by atoms with E-state index in [2.05, 4.69) is 26.0 Å². The van der Waals surface area contributed by atoms with Crippen molar-refractivity contribution >= 4 is 28.9 Å². The summed E-state index contributed by atoms with van der Waals surface area (Å²) in [6.45, 7) is 8.74. The van der Waals surface area contributed by atoms with E-state index in [1.807, 2.05) is 0 Å². The molecular weight excluding hydrogens is 580 g/mol. The van der Waals surface area contributed by atoms with Gasteiger partial charge in [0.1, 0.15) is 11.6 Å². The minimum absolute atomic E-state index is 0.00937. The van der Waals surface area contributed by atoms with Crippen LogP contribution in [0.5, 0.6) is 0 Å². The van der Waals surface area contributed by atoms with E-state index in [4.69, 9.17) is 11.5 Å². The summed E-state index contributed by atoms with van der Waals surface area (Å²) in [7, 11) is 2.31. The van der Waals surface area contributed by atoms with Crippen molar-refractivity contribution in [3.8, 4) is 22.3 Å². The number of rotatable bonds is 6. The van der Waals surface area contributed by atoms with Crippen LogP contribution in [0.3, 0.4) is 0 Å². The second kappa shape index (κ2) is 13.8. The molecule has 230 valence electrons. The Morgan fingerprint density at radius 1 is 0.773 bits per heavy atom. The second-order valence-corrected chi connectivity index (χ2v) is 9.84. The van der Waals surface area contributed by atoms with E-state index in [0.29, 0.717) is 27.8 Å². The van der Waals surface area contributed by atoms with Gasteiger partial charge in [0.2, 0.25) is 11.9 Å². The molecule has 0 fully saturated rings. The first-order valence-corrected chi connectivity index (χ1v) is 13.0. The van der Waals surface area contributed by atoms with Crippen LogP contribution >= 0.6 is 0 Å². The third kappa shape index (κ3) is 6.86. The highest BCUT2D eigenvalue weighted by Gasteiger charge is 2.24. The molecule has 2 aromatic carbocycles. The SMILES string of the molecule is C=C(C)c1c(N)c(-c2ccnc(F)c2)cc(C(=O)OC)c1F.COC(=O)c1cc(-c2ccnc(F)c2)c(N)c(C(C)C)c1F. The van der Waals surface area contributed by atoms with E-state index in [9.17, 15) is 27.2 Å². The molecule has 0 unspecified atom stereocenters. The Labute approximate surface area is 251 Å². The normalized spacial score (nSPS) is 10.6. The van der Waals surface area contributed by atoms with Crippen molar-refractivity contribution in [1.82, 2.24) is 9.97 Å². The van der Waals surface area contributed by atoms with Gasteiger partial charge in [-0.3, -0.25) is 0 Å². The lowest BCUT2D eigenvalue weighted by Gasteiger charge is -2.17. The van der Waals surface area contributed by atoms with Crippen molar-refractivity contribution in [2.45, 2.75) is 26.7 Å². The number of halogens is 4. The number of carbonyl (C=O) groups excluding carboxylic acids is 2. The molecule has 2 aromatic heterocycles. The molecule has 0 radical (unpaired) electrons. The van der Waals surface area contributed by atoms with Gasteiger partial charge in [-0.15, -0.1) is 0 Å². The lowest BCUT2D eigenvalue weighted by Crippen LogP contribution is -2.11. The van der Waals surface area contributed by atoms with Crippen LogP contribution in [-0.4, -0.2) is 36.1 Å². The van der Waals surface area contributed by atoms with Crippen molar-refractivity contribution in [3.05, 3.63) is 101 Å². The fourth-order valence-electron chi connectivity index (χ4n) is 4.48. The molecule has 0 aliphatic carbocycles. The van der Waals surface area contributed by atoms with Gasteiger partial charge in [-0.2, -0.15) is 8.78 Å². The Bertz CT molecular complexity index is 1760. The molecule has 0 bridgehead atoms. The molecule has 0 saturated heterocycles. The number of hydrogen-bond acceptors (Lipinski definition) is 8. The molecule has 0 atom stereocenters. The topological polar surface area (TPSA) is 130 Å². The monoisotopic (exact) mass is 610 g/mol. The zero-order valence-corrected chi connectivity index (χ0v) is 24.6. The summed E-state index contributed by atoms with van der Waals surface area (Å²) in [5, 5.41) is 0. The number of nitrogens with zero attached hydrogens (tertiary/aromatic N) is 2. The number of nitrogen functional groups attached to an aromatic ring is 2. The fraction of sp³-hybridized carbons (Fsp3) is 0.188. The van der Waals surface area contributed by atoms with Crippen LogP contribution < -0.4 is 11.5 Å². The van der Waals surface area contributed by atoms with Gasteiger partial charge in [0.05, 0.1) is 25.3 Å². The van der Waals surface area contributed by atoms with E-state index in [1.165, 1.54) is 49.8 Å². The van der Waals surface area contributed by atoms with Crippen LogP contribution in [0.4, 0.5) is 28.9 Å². The van der Waals surface area contributed by atoms with Gasteiger partial charge in [0.15, 0.2) is 0 Å². The van der Waals surface area contributed by atoms with Gasteiger partial charge in [-0.05, 0) is 53.8 Å². The Morgan fingerprint density at radius 2 is 1.20 bits per heavy atom. The van der Waals surface area contributed by atoms with Gasteiger partial charge in [-0.25, -0.2) is 28.3 Å². The molecule has 4 aromatic rings. The first-order chi connectivity index (χ1) is 20.7. The molecule has 0 spiro atoms. The molecular formula is C32H30F4N4O4. The van der Waals surface area contributed by atoms with E-state index < -0.39 is 35.5 Å². The summed E-state index contributed by atoms with van der Waals surface area (Å²) in [6.07, 6.45) is 2.53. The zero-order valence-electron chi connectivity index (χ0n) is 24.6. The molecule has 0 aliphatic rings. The van der Waals surface area contributed by atoms with Gasteiger partial charge in [-0.1, -0.05) is 20.4 Å². The average Bonchev–Trinajstić information content (AvgIpc) is 2.96. The van der Waals surface area contributed by atoms with Crippen molar-refractivity contribution < 1.29 is 36.6 Å². The first-order valence-electron chi connectivity index (χ1n) is 13.0. The highest BCUT2D eigenvalue weighted by atomic mass is 19.1. The highest BCUT2D eigenvalue weighted by Crippen LogP contribution is 2.37. The number of allylic oxidation sites excluding steroid dienone is 1. The summed E-state index contributed by atoms with van der Waals surface area (Å²) < 4.78 is 64.8.